The highest BCUT2D eigenvalue weighted by atomic mass is 32.2. The maximum atomic E-state index is 11.1. The standard InChI is InChI=1S/C5H8N2O3S2/c1-10-4-2-3-11-5(4)12(8,9)7-6/h2-3,7H,6H2,1H3. The smallest absolute Gasteiger partial charge is 0.266 e. The number of nitrogens with two attached hydrogens (primary N) is 1. The van der Waals surface area contributed by atoms with Crippen LogP contribution in [0.3, 0.4) is 0 Å². The molecule has 12 heavy (non-hydrogen) atoms. The van der Waals surface area contributed by atoms with Crippen LogP contribution >= 0.6 is 11.3 Å². The highest BCUT2D eigenvalue weighted by Crippen LogP contribution is 2.28. The SMILES string of the molecule is COc1ccsc1S(=O)(=O)NN. The minimum atomic E-state index is -3.58. The van der Waals surface area contributed by atoms with Crippen molar-refractivity contribution in [2.24, 2.45) is 5.84 Å². The number of sulfonamides is 1. The Balaban J connectivity index is 3.19. The van der Waals surface area contributed by atoms with Crippen LogP contribution in [-0.2, 0) is 10.0 Å². The largest absolute Gasteiger partial charge is 0.494 e. The normalized spacial score (nSPS) is 11.5. The molecule has 1 aromatic heterocycles. The van der Waals surface area contributed by atoms with Gasteiger partial charge in [0, 0.05) is 0 Å². The second-order valence-electron chi connectivity index (χ2n) is 1.90. The zero-order valence-corrected chi connectivity index (χ0v) is 7.91. The van der Waals surface area contributed by atoms with Gasteiger partial charge in [0.15, 0.2) is 4.21 Å². The lowest BCUT2D eigenvalue weighted by atomic mass is 10.6. The average Bonchev–Trinajstić information content (AvgIpc) is 2.52. The van der Waals surface area contributed by atoms with Gasteiger partial charge in [0.25, 0.3) is 10.0 Å². The summed E-state index contributed by atoms with van der Waals surface area (Å²) >= 11 is 1.05. The van der Waals surface area contributed by atoms with Gasteiger partial charge in [-0.3, -0.25) is 5.84 Å². The molecular weight excluding hydrogens is 200 g/mol. The van der Waals surface area contributed by atoms with Crippen molar-refractivity contribution in [1.82, 2.24) is 4.83 Å². The van der Waals surface area contributed by atoms with Crippen molar-refractivity contribution in [3.05, 3.63) is 11.4 Å². The molecule has 3 N–H and O–H groups in total. The van der Waals surface area contributed by atoms with Gasteiger partial charge in [0.1, 0.15) is 5.75 Å². The maximum absolute atomic E-state index is 11.1. The van der Waals surface area contributed by atoms with E-state index >= 15 is 0 Å². The summed E-state index contributed by atoms with van der Waals surface area (Å²) in [4.78, 5) is 1.72. The number of ether oxygens (including phenoxy) is 1. The van der Waals surface area contributed by atoms with Crippen molar-refractivity contribution in [1.29, 1.82) is 0 Å². The molecule has 1 heterocycles. The molecule has 0 aromatic carbocycles. The number of methoxy groups -OCH3 is 1. The van der Waals surface area contributed by atoms with E-state index in [2.05, 4.69) is 0 Å². The van der Waals surface area contributed by atoms with Crippen molar-refractivity contribution in [2.45, 2.75) is 4.21 Å². The molecule has 7 heteroatoms. The zero-order valence-electron chi connectivity index (χ0n) is 6.27. The van der Waals surface area contributed by atoms with E-state index in [1.165, 1.54) is 7.11 Å². The van der Waals surface area contributed by atoms with Gasteiger partial charge in [-0.25, -0.2) is 8.42 Å². The fourth-order valence-corrected chi connectivity index (χ4v) is 2.61. The van der Waals surface area contributed by atoms with Gasteiger partial charge in [-0.2, -0.15) is 0 Å². The highest BCUT2D eigenvalue weighted by molar-refractivity contribution is 7.91. The van der Waals surface area contributed by atoms with E-state index in [4.69, 9.17) is 10.6 Å². The van der Waals surface area contributed by atoms with Crippen LogP contribution in [-0.4, -0.2) is 15.5 Å². The molecule has 0 spiro atoms. The quantitative estimate of drug-likeness (QED) is 0.537. The van der Waals surface area contributed by atoms with Crippen molar-refractivity contribution in [3.63, 3.8) is 0 Å². The molecule has 0 atom stereocenters. The fourth-order valence-electron chi connectivity index (χ4n) is 0.684. The van der Waals surface area contributed by atoms with Gasteiger partial charge in [-0.1, -0.05) is 0 Å². The first-order valence-corrected chi connectivity index (χ1v) is 5.32. The fraction of sp³-hybridized carbons (Fsp3) is 0.200. The van der Waals surface area contributed by atoms with Crippen molar-refractivity contribution in [2.75, 3.05) is 7.11 Å². The Hall–Kier alpha value is -0.630. The van der Waals surface area contributed by atoms with E-state index in [9.17, 15) is 8.42 Å². The van der Waals surface area contributed by atoms with Crippen molar-refractivity contribution >= 4 is 21.4 Å². The van der Waals surface area contributed by atoms with Crippen LogP contribution in [0.2, 0.25) is 0 Å². The minimum Gasteiger partial charge on any atom is -0.494 e. The number of hydrogen-bond donors (Lipinski definition) is 2. The molecule has 0 radical (unpaired) electrons. The van der Waals surface area contributed by atoms with Crippen LogP contribution in [0.25, 0.3) is 0 Å². The van der Waals surface area contributed by atoms with E-state index in [1.54, 1.807) is 16.3 Å². The number of hydrazine groups is 1. The molecule has 0 aliphatic carbocycles. The average molecular weight is 208 g/mol. The third kappa shape index (κ3) is 1.58. The summed E-state index contributed by atoms with van der Waals surface area (Å²) in [5.41, 5.74) is 0. The number of hydrogen-bond acceptors (Lipinski definition) is 5. The third-order valence-corrected chi connectivity index (χ3v) is 3.85. The molecule has 0 unspecified atom stereocenters. The molecule has 0 aliphatic rings. The maximum Gasteiger partial charge on any atom is 0.266 e. The Morgan fingerprint density at radius 2 is 2.33 bits per heavy atom. The zero-order chi connectivity index (χ0) is 9.19. The molecule has 1 rings (SSSR count). The Kier molecular flexibility index (Phi) is 2.68. The van der Waals surface area contributed by atoms with Crippen LogP contribution in [0.5, 0.6) is 5.75 Å². The molecule has 0 aliphatic heterocycles. The summed E-state index contributed by atoms with van der Waals surface area (Å²) in [5.74, 6) is 5.14. The summed E-state index contributed by atoms with van der Waals surface area (Å²) < 4.78 is 27.2. The van der Waals surface area contributed by atoms with Crippen LogP contribution in [0.1, 0.15) is 0 Å². The molecule has 0 fully saturated rings. The molecule has 0 saturated carbocycles. The van der Waals surface area contributed by atoms with Crippen molar-refractivity contribution in [3.8, 4) is 5.75 Å². The molecule has 5 nitrogen and oxygen atoms in total. The summed E-state index contributed by atoms with van der Waals surface area (Å²) in [5, 5.41) is 1.61. The lowest BCUT2D eigenvalue weighted by Crippen LogP contribution is -2.29. The molecule has 1 aromatic rings. The third-order valence-electron chi connectivity index (χ3n) is 1.21. The first-order valence-electron chi connectivity index (χ1n) is 2.95. The second kappa shape index (κ2) is 3.40. The van der Waals surface area contributed by atoms with E-state index in [0.29, 0.717) is 5.75 Å². The van der Waals surface area contributed by atoms with Crippen molar-refractivity contribution < 1.29 is 13.2 Å². The molecule has 0 bridgehead atoms. The lowest BCUT2D eigenvalue weighted by Gasteiger charge is -2.01. The molecule has 0 amide bonds. The predicted molar refractivity (Wildman–Crippen MR) is 45.4 cm³/mol. The van der Waals surface area contributed by atoms with Gasteiger partial charge in [-0.05, 0) is 11.4 Å². The summed E-state index contributed by atoms with van der Waals surface area (Å²) in [6.07, 6.45) is 0. The predicted octanol–water partition coefficient (Wildman–Crippen LogP) is -0.0913. The Morgan fingerprint density at radius 1 is 1.67 bits per heavy atom. The monoisotopic (exact) mass is 208 g/mol. The van der Waals surface area contributed by atoms with Gasteiger partial charge in [0.2, 0.25) is 0 Å². The van der Waals surface area contributed by atoms with E-state index in [1.807, 2.05) is 0 Å². The van der Waals surface area contributed by atoms with E-state index < -0.39 is 10.0 Å². The van der Waals surface area contributed by atoms with Crippen LogP contribution in [0, 0.1) is 0 Å². The number of rotatable bonds is 3. The van der Waals surface area contributed by atoms with Crippen LogP contribution in [0.15, 0.2) is 15.7 Å². The van der Waals surface area contributed by atoms with Gasteiger partial charge in [-0.15, -0.1) is 16.2 Å². The molecular formula is C5H8N2O3S2. The summed E-state index contributed by atoms with van der Waals surface area (Å²) in [7, 11) is -2.18. The number of nitrogens with one attached hydrogen (secondary N) is 1. The Morgan fingerprint density at radius 3 is 2.83 bits per heavy atom. The Bertz CT molecular complexity index is 357. The van der Waals surface area contributed by atoms with Gasteiger partial charge >= 0.3 is 0 Å². The van der Waals surface area contributed by atoms with Crippen LogP contribution in [0.4, 0.5) is 0 Å². The topological polar surface area (TPSA) is 81.4 Å². The lowest BCUT2D eigenvalue weighted by molar-refractivity contribution is 0.406. The molecule has 68 valence electrons. The van der Waals surface area contributed by atoms with Crippen LogP contribution < -0.4 is 15.4 Å². The first-order chi connectivity index (χ1) is 5.61. The highest BCUT2D eigenvalue weighted by Gasteiger charge is 2.18. The first kappa shape index (κ1) is 9.46. The molecule has 0 saturated heterocycles. The minimum absolute atomic E-state index is 0.0903. The van der Waals surface area contributed by atoms with E-state index in [-0.39, 0.29) is 4.21 Å². The Labute approximate surface area is 74.2 Å². The summed E-state index contributed by atoms with van der Waals surface area (Å²) in [6.45, 7) is 0. The summed E-state index contributed by atoms with van der Waals surface area (Å²) in [6, 6.07) is 1.56. The number of thiophene rings is 1. The van der Waals surface area contributed by atoms with Gasteiger partial charge in [0.05, 0.1) is 7.11 Å². The van der Waals surface area contributed by atoms with Gasteiger partial charge < -0.3 is 4.74 Å². The second-order valence-corrected chi connectivity index (χ2v) is 4.72. The van der Waals surface area contributed by atoms with E-state index in [0.717, 1.165) is 11.3 Å².